The highest BCUT2D eigenvalue weighted by Crippen LogP contribution is 2.18. The number of hydrogen-bond donors (Lipinski definition) is 1. The summed E-state index contributed by atoms with van der Waals surface area (Å²) in [6, 6.07) is 4.36. The normalized spacial score (nSPS) is 20.9. The third-order valence-corrected chi connectivity index (χ3v) is 4.48. The molecular formula is C16H24N4O2. The first-order chi connectivity index (χ1) is 10.7. The van der Waals surface area contributed by atoms with Crippen LogP contribution in [0.2, 0.25) is 0 Å². The minimum atomic E-state index is -0.0221. The number of anilines is 1. The van der Waals surface area contributed by atoms with Crippen LogP contribution in [0.5, 0.6) is 0 Å². The Morgan fingerprint density at radius 2 is 1.95 bits per heavy atom. The van der Waals surface area contributed by atoms with Crippen LogP contribution in [-0.4, -0.2) is 66.2 Å². The van der Waals surface area contributed by atoms with E-state index >= 15 is 0 Å². The smallest absolute Gasteiger partial charge is 0.321 e. The highest BCUT2D eigenvalue weighted by molar-refractivity contribution is 5.89. The van der Waals surface area contributed by atoms with Gasteiger partial charge in [-0.3, -0.25) is 9.88 Å². The van der Waals surface area contributed by atoms with Crippen molar-refractivity contribution in [3.05, 3.63) is 24.0 Å². The fraction of sp³-hybridized carbons (Fsp3) is 0.625. The van der Waals surface area contributed by atoms with E-state index in [9.17, 15) is 4.79 Å². The van der Waals surface area contributed by atoms with Gasteiger partial charge in [-0.1, -0.05) is 0 Å². The fourth-order valence-corrected chi connectivity index (χ4v) is 3.12. The number of likely N-dealkylation sites (tertiary alicyclic amines) is 1. The first-order valence-corrected chi connectivity index (χ1v) is 8.03. The molecule has 6 nitrogen and oxygen atoms in total. The molecule has 0 atom stereocenters. The number of carbonyl (C=O) groups excluding carboxylic acids is 1. The molecule has 3 heterocycles. The van der Waals surface area contributed by atoms with E-state index in [1.165, 1.54) is 0 Å². The third-order valence-electron chi connectivity index (χ3n) is 4.48. The van der Waals surface area contributed by atoms with Crippen molar-refractivity contribution < 1.29 is 9.53 Å². The Morgan fingerprint density at radius 3 is 2.59 bits per heavy atom. The Morgan fingerprint density at radius 1 is 1.23 bits per heavy atom. The van der Waals surface area contributed by atoms with E-state index in [4.69, 9.17) is 4.74 Å². The fourth-order valence-electron chi connectivity index (χ4n) is 3.12. The van der Waals surface area contributed by atoms with Crippen LogP contribution in [0.4, 0.5) is 10.5 Å². The van der Waals surface area contributed by atoms with Crippen LogP contribution in [0.15, 0.2) is 18.3 Å². The summed E-state index contributed by atoms with van der Waals surface area (Å²) in [5.41, 5.74) is 1.70. The minimum absolute atomic E-state index is 0.0221. The van der Waals surface area contributed by atoms with Crippen molar-refractivity contribution >= 4 is 11.7 Å². The second-order valence-electron chi connectivity index (χ2n) is 5.98. The molecule has 0 aliphatic carbocycles. The van der Waals surface area contributed by atoms with Gasteiger partial charge in [-0.2, -0.15) is 0 Å². The van der Waals surface area contributed by atoms with Crippen molar-refractivity contribution in [3.8, 4) is 0 Å². The van der Waals surface area contributed by atoms with Gasteiger partial charge in [-0.15, -0.1) is 0 Å². The number of morpholine rings is 1. The van der Waals surface area contributed by atoms with E-state index in [1.807, 2.05) is 24.0 Å². The first kappa shape index (κ1) is 15.2. The molecule has 1 aromatic heterocycles. The van der Waals surface area contributed by atoms with Crippen molar-refractivity contribution in [3.63, 3.8) is 0 Å². The van der Waals surface area contributed by atoms with Crippen molar-refractivity contribution in [2.45, 2.75) is 25.8 Å². The molecule has 0 saturated carbocycles. The molecule has 120 valence electrons. The quantitative estimate of drug-likeness (QED) is 0.904. The number of hydrogen-bond acceptors (Lipinski definition) is 4. The van der Waals surface area contributed by atoms with Crippen LogP contribution >= 0.6 is 0 Å². The van der Waals surface area contributed by atoms with Crippen molar-refractivity contribution in [1.29, 1.82) is 0 Å². The predicted molar refractivity (Wildman–Crippen MR) is 85.0 cm³/mol. The summed E-state index contributed by atoms with van der Waals surface area (Å²) in [6.07, 6.45) is 3.78. The Balaban J connectivity index is 1.48. The monoisotopic (exact) mass is 304 g/mol. The molecule has 22 heavy (non-hydrogen) atoms. The summed E-state index contributed by atoms with van der Waals surface area (Å²) in [4.78, 5) is 20.9. The van der Waals surface area contributed by atoms with Gasteiger partial charge in [0.2, 0.25) is 0 Å². The van der Waals surface area contributed by atoms with Crippen LogP contribution in [-0.2, 0) is 4.74 Å². The molecule has 2 amide bonds. The van der Waals surface area contributed by atoms with Crippen LogP contribution in [0.3, 0.4) is 0 Å². The van der Waals surface area contributed by atoms with Crippen LogP contribution in [0.1, 0.15) is 18.5 Å². The number of urea groups is 1. The maximum absolute atomic E-state index is 12.3. The van der Waals surface area contributed by atoms with Crippen LogP contribution in [0, 0.1) is 6.92 Å². The van der Waals surface area contributed by atoms with Gasteiger partial charge in [0.25, 0.3) is 0 Å². The molecule has 2 fully saturated rings. The number of carbonyl (C=O) groups is 1. The molecule has 2 saturated heterocycles. The van der Waals surface area contributed by atoms with Gasteiger partial charge >= 0.3 is 6.03 Å². The zero-order valence-electron chi connectivity index (χ0n) is 13.1. The standard InChI is InChI=1S/C16H24N4O2/c1-13-2-3-14(12-17-13)18-16(21)20-6-4-15(5-7-20)19-8-10-22-11-9-19/h2-3,12,15H,4-11H2,1H3,(H,18,21). The molecule has 2 aliphatic rings. The Bertz CT molecular complexity index is 491. The van der Waals surface area contributed by atoms with E-state index in [0.29, 0.717) is 6.04 Å². The van der Waals surface area contributed by atoms with E-state index in [-0.39, 0.29) is 6.03 Å². The lowest BCUT2D eigenvalue weighted by atomic mass is 10.0. The molecule has 0 radical (unpaired) electrons. The van der Waals surface area contributed by atoms with E-state index in [0.717, 1.165) is 63.6 Å². The van der Waals surface area contributed by atoms with Gasteiger partial charge in [0, 0.05) is 37.9 Å². The number of rotatable bonds is 2. The van der Waals surface area contributed by atoms with Gasteiger partial charge in [-0.05, 0) is 31.9 Å². The summed E-state index contributed by atoms with van der Waals surface area (Å²) in [5.74, 6) is 0. The molecule has 0 unspecified atom stereocenters. The van der Waals surface area contributed by atoms with Crippen molar-refractivity contribution in [2.24, 2.45) is 0 Å². The molecular weight excluding hydrogens is 280 g/mol. The Kier molecular flexibility index (Phi) is 4.90. The summed E-state index contributed by atoms with van der Waals surface area (Å²) in [5, 5.41) is 2.92. The van der Waals surface area contributed by atoms with E-state index < -0.39 is 0 Å². The van der Waals surface area contributed by atoms with Crippen LogP contribution in [0.25, 0.3) is 0 Å². The lowest BCUT2D eigenvalue weighted by Crippen LogP contribution is -2.50. The lowest BCUT2D eigenvalue weighted by molar-refractivity contribution is 0.00419. The molecule has 1 N–H and O–H groups in total. The minimum Gasteiger partial charge on any atom is -0.379 e. The SMILES string of the molecule is Cc1ccc(NC(=O)N2CCC(N3CCOCC3)CC2)cn1. The number of nitrogens with one attached hydrogen (secondary N) is 1. The second kappa shape index (κ2) is 7.07. The van der Waals surface area contributed by atoms with E-state index in [1.54, 1.807) is 6.20 Å². The summed E-state index contributed by atoms with van der Waals surface area (Å²) in [7, 11) is 0. The number of aryl methyl sites for hydroxylation is 1. The topological polar surface area (TPSA) is 57.7 Å². The maximum Gasteiger partial charge on any atom is 0.321 e. The molecule has 0 spiro atoms. The highest BCUT2D eigenvalue weighted by Gasteiger charge is 2.27. The predicted octanol–water partition coefficient (Wildman–Crippen LogP) is 1.72. The Labute approximate surface area is 131 Å². The van der Waals surface area contributed by atoms with Crippen LogP contribution < -0.4 is 5.32 Å². The highest BCUT2D eigenvalue weighted by atomic mass is 16.5. The first-order valence-electron chi connectivity index (χ1n) is 8.03. The number of ether oxygens (including phenoxy) is 1. The van der Waals surface area contributed by atoms with Gasteiger partial charge in [0.1, 0.15) is 0 Å². The number of piperidine rings is 1. The zero-order valence-corrected chi connectivity index (χ0v) is 13.1. The number of amides is 2. The Hall–Kier alpha value is -1.66. The average Bonchev–Trinajstić information content (AvgIpc) is 2.58. The van der Waals surface area contributed by atoms with Gasteiger partial charge in [-0.25, -0.2) is 4.79 Å². The molecule has 0 bridgehead atoms. The molecule has 1 aromatic rings. The largest absolute Gasteiger partial charge is 0.379 e. The molecule has 6 heteroatoms. The zero-order chi connectivity index (χ0) is 15.4. The molecule has 0 aromatic carbocycles. The van der Waals surface area contributed by atoms with E-state index in [2.05, 4.69) is 15.2 Å². The maximum atomic E-state index is 12.3. The number of pyridine rings is 1. The molecule has 3 rings (SSSR count). The van der Waals surface area contributed by atoms with Crippen molar-refractivity contribution in [2.75, 3.05) is 44.7 Å². The average molecular weight is 304 g/mol. The summed E-state index contributed by atoms with van der Waals surface area (Å²) in [6.45, 7) is 7.27. The van der Waals surface area contributed by atoms with Gasteiger partial charge in [0.05, 0.1) is 25.1 Å². The van der Waals surface area contributed by atoms with Crippen molar-refractivity contribution in [1.82, 2.24) is 14.8 Å². The third kappa shape index (κ3) is 3.75. The number of nitrogens with zero attached hydrogens (tertiary/aromatic N) is 3. The second-order valence-corrected chi connectivity index (χ2v) is 5.98. The summed E-state index contributed by atoms with van der Waals surface area (Å²) >= 11 is 0. The van der Waals surface area contributed by atoms with Gasteiger partial charge in [0.15, 0.2) is 0 Å². The summed E-state index contributed by atoms with van der Waals surface area (Å²) < 4.78 is 5.40. The lowest BCUT2D eigenvalue weighted by Gasteiger charge is -2.40. The number of aromatic nitrogens is 1. The van der Waals surface area contributed by atoms with Gasteiger partial charge < -0.3 is 15.0 Å². The molecule has 2 aliphatic heterocycles.